The monoisotopic (exact) mass is 311 g/mol. The van der Waals surface area contributed by atoms with Crippen LogP contribution < -0.4 is 10.1 Å². The van der Waals surface area contributed by atoms with Crippen molar-refractivity contribution >= 4 is 17.2 Å². The molecule has 1 saturated heterocycles. The molecule has 0 aliphatic carbocycles. The van der Waals surface area contributed by atoms with E-state index in [9.17, 15) is 4.79 Å². The Bertz CT molecular complexity index is 442. The van der Waals surface area contributed by atoms with Crippen LogP contribution >= 0.6 is 11.3 Å². The SMILES string of the molecule is CCN1CCN(CCCNC(=O)c2sccc2OC)CC1. The number of ether oxygens (including phenoxy) is 1. The second kappa shape index (κ2) is 8.36. The standard InChI is InChI=1S/C15H25N3O2S/c1-3-17-8-10-18(11-9-17)7-4-6-16-15(19)14-13(20-2)5-12-21-14/h5,12H,3-4,6-11H2,1-2H3,(H,16,19). The predicted molar refractivity (Wildman–Crippen MR) is 86.4 cm³/mol. The summed E-state index contributed by atoms with van der Waals surface area (Å²) in [5.74, 6) is 0.630. The first-order chi connectivity index (χ1) is 10.2. The third-order valence-electron chi connectivity index (χ3n) is 3.90. The van der Waals surface area contributed by atoms with E-state index in [1.54, 1.807) is 7.11 Å². The van der Waals surface area contributed by atoms with Gasteiger partial charge in [-0.15, -0.1) is 11.3 Å². The van der Waals surface area contributed by atoms with E-state index in [0.717, 1.165) is 45.7 Å². The van der Waals surface area contributed by atoms with Crippen LogP contribution in [0.5, 0.6) is 5.75 Å². The van der Waals surface area contributed by atoms with Gasteiger partial charge in [-0.25, -0.2) is 0 Å². The Morgan fingerprint density at radius 2 is 2.05 bits per heavy atom. The summed E-state index contributed by atoms with van der Waals surface area (Å²) in [5.41, 5.74) is 0. The first-order valence-corrected chi connectivity index (χ1v) is 8.47. The maximum Gasteiger partial charge on any atom is 0.265 e. The Labute approximate surface area is 130 Å². The molecule has 2 rings (SSSR count). The van der Waals surface area contributed by atoms with Gasteiger partial charge >= 0.3 is 0 Å². The number of likely N-dealkylation sites (N-methyl/N-ethyl adjacent to an activating group) is 1. The van der Waals surface area contributed by atoms with Crippen LogP contribution in [0, 0.1) is 0 Å². The molecular weight excluding hydrogens is 286 g/mol. The lowest BCUT2D eigenvalue weighted by molar-refractivity contribution is 0.0949. The minimum Gasteiger partial charge on any atom is -0.495 e. The van der Waals surface area contributed by atoms with Crippen LogP contribution in [0.25, 0.3) is 0 Å². The topological polar surface area (TPSA) is 44.8 Å². The van der Waals surface area contributed by atoms with Gasteiger partial charge in [-0.05, 0) is 31.0 Å². The molecule has 6 heteroatoms. The maximum atomic E-state index is 12.0. The fourth-order valence-electron chi connectivity index (χ4n) is 2.54. The van der Waals surface area contributed by atoms with Crippen molar-refractivity contribution in [2.45, 2.75) is 13.3 Å². The second-order valence-electron chi connectivity index (χ2n) is 5.20. The molecule has 1 fully saturated rings. The van der Waals surface area contributed by atoms with Crippen molar-refractivity contribution in [1.82, 2.24) is 15.1 Å². The van der Waals surface area contributed by atoms with Crippen LogP contribution in [0.3, 0.4) is 0 Å². The van der Waals surface area contributed by atoms with Gasteiger partial charge in [0, 0.05) is 32.7 Å². The van der Waals surface area contributed by atoms with Gasteiger partial charge in [0.05, 0.1) is 7.11 Å². The van der Waals surface area contributed by atoms with Crippen LogP contribution in [0.4, 0.5) is 0 Å². The number of rotatable bonds is 7. The lowest BCUT2D eigenvalue weighted by Crippen LogP contribution is -2.46. The molecule has 1 aliphatic heterocycles. The third kappa shape index (κ3) is 4.69. The number of methoxy groups -OCH3 is 1. The first kappa shape index (κ1) is 16.3. The highest BCUT2D eigenvalue weighted by Gasteiger charge is 2.16. The molecule has 2 heterocycles. The van der Waals surface area contributed by atoms with Crippen LogP contribution in [-0.2, 0) is 0 Å². The lowest BCUT2D eigenvalue weighted by atomic mass is 10.3. The average Bonchev–Trinajstić information content (AvgIpc) is 3.00. The zero-order valence-corrected chi connectivity index (χ0v) is 13.7. The molecule has 0 unspecified atom stereocenters. The molecule has 1 aliphatic rings. The number of nitrogens with one attached hydrogen (secondary N) is 1. The van der Waals surface area contributed by atoms with Gasteiger partial charge in [0.1, 0.15) is 10.6 Å². The molecule has 0 atom stereocenters. The number of hydrogen-bond acceptors (Lipinski definition) is 5. The van der Waals surface area contributed by atoms with Gasteiger partial charge in [0.2, 0.25) is 0 Å². The summed E-state index contributed by atoms with van der Waals surface area (Å²) in [6.07, 6.45) is 0.992. The zero-order chi connectivity index (χ0) is 15.1. The molecule has 0 radical (unpaired) electrons. The van der Waals surface area contributed by atoms with E-state index < -0.39 is 0 Å². The third-order valence-corrected chi connectivity index (χ3v) is 4.80. The summed E-state index contributed by atoms with van der Waals surface area (Å²) in [4.78, 5) is 17.6. The minimum atomic E-state index is -0.0300. The minimum absolute atomic E-state index is 0.0300. The number of carbonyl (C=O) groups excluding carboxylic acids is 1. The van der Waals surface area contributed by atoms with Crippen molar-refractivity contribution in [2.75, 3.05) is 52.9 Å². The van der Waals surface area contributed by atoms with Gasteiger partial charge < -0.3 is 19.9 Å². The Balaban J connectivity index is 1.63. The number of hydrogen-bond donors (Lipinski definition) is 1. The molecule has 1 aromatic heterocycles. The van der Waals surface area contributed by atoms with Gasteiger partial charge in [-0.1, -0.05) is 6.92 Å². The molecule has 0 saturated carbocycles. The van der Waals surface area contributed by atoms with E-state index in [-0.39, 0.29) is 5.91 Å². The summed E-state index contributed by atoms with van der Waals surface area (Å²) < 4.78 is 5.17. The van der Waals surface area contributed by atoms with Crippen LogP contribution in [-0.4, -0.2) is 68.6 Å². The molecule has 1 aromatic rings. The van der Waals surface area contributed by atoms with Crippen molar-refractivity contribution in [3.63, 3.8) is 0 Å². The lowest BCUT2D eigenvalue weighted by Gasteiger charge is -2.33. The van der Waals surface area contributed by atoms with E-state index >= 15 is 0 Å². The largest absolute Gasteiger partial charge is 0.495 e. The molecule has 1 amide bonds. The predicted octanol–water partition coefficient (Wildman–Crippen LogP) is 1.51. The molecular formula is C15H25N3O2S. The highest BCUT2D eigenvalue weighted by atomic mass is 32.1. The van der Waals surface area contributed by atoms with Crippen molar-refractivity contribution in [3.8, 4) is 5.75 Å². The van der Waals surface area contributed by atoms with Gasteiger partial charge in [-0.3, -0.25) is 4.79 Å². The van der Waals surface area contributed by atoms with Crippen molar-refractivity contribution in [1.29, 1.82) is 0 Å². The van der Waals surface area contributed by atoms with E-state index in [4.69, 9.17) is 4.74 Å². The van der Waals surface area contributed by atoms with Crippen molar-refractivity contribution in [3.05, 3.63) is 16.3 Å². The Morgan fingerprint density at radius 1 is 1.33 bits per heavy atom. The van der Waals surface area contributed by atoms with E-state index in [1.807, 2.05) is 11.4 Å². The smallest absolute Gasteiger partial charge is 0.265 e. The first-order valence-electron chi connectivity index (χ1n) is 7.59. The summed E-state index contributed by atoms with van der Waals surface area (Å²) in [7, 11) is 1.59. The van der Waals surface area contributed by atoms with Gasteiger partial charge in [0.15, 0.2) is 0 Å². The Hall–Kier alpha value is -1.11. The molecule has 0 bridgehead atoms. The van der Waals surface area contributed by atoms with Gasteiger partial charge in [0.25, 0.3) is 5.91 Å². The normalized spacial score (nSPS) is 16.9. The highest BCUT2D eigenvalue weighted by molar-refractivity contribution is 7.12. The van der Waals surface area contributed by atoms with Crippen LogP contribution in [0.1, 0.15) is 23.0 Å². The number of nitrogens with zero attached hydrogens (tertiary/aromatic N) is 2. The molecule has 118 valence electrons. The number of amides is 1. The summed E-state index contributed by atoms with van der Waals surface area (Å²) in [6, 6.07) is 1.83. The number of thiophene rings is 1. The summed E-state index contributed by atoms with van der Waals surface area (Å²) >= 11 is 1.42. The fourth-order valence-corrected chi connectivity index (χ4v) is 3.31. The van der Waals surface area contributed by atoms with E-state index in [1.165, 1.54) is 11.3 Å². The fraction of sp³-hybridized carbons (Fsp3) is 0.667. The molecule has 0 aromatic carbocycles. The Kier molecular flexibility index (Phi) is 6.48. The summed E-state index contributed by atoms with van der Waals surface area (Å²) in [5, 5.41) is 4.85. The quantitative estimate of drug-likeness (QED) is 0.776. The number of carbonyl (C=O) groups is 1. The van der Waals surface area contributed by atoms with Crippen molar-refractivity contribution in [2.24, 2.45) is 0 Å². The summed E-state index contributed by atoms with van der Waals surface area (Å²) in [6.45, 7) is 9.73. The molecule has 1 N–H and O–H groups in total. The molecule has 21 heavy (non-hydrogen) atoms. The average molecular weight is 311 g/mol. The Morgan fingerprint density at radius 3 is 2.71 bits per heavy atom. The maximum absolute atomic E-state index is 12.0. The molecule has 5 nitrogen and oxygen atoms in total. The van der Waals surface area contributed by atoms with Crippen molar-refractivity contribution < 1.29 is 9.53 Å². The number of piperazine rings is 1. The van der Waals surface area contributed by atoms with Crippen LogP contribution in [0.2, 0.25) is 0 Å². The van der Waals surface area contributed by atoms with Gasteiger partial charge in [-0.2, -0.15) is 0 Å². The van der Waals surface area contributed by atoms with E-state index in [2.05, 4.69) is 22.0 Å². The zero-order valence-electron chi connectivity index (χ0n) is 12.9. The second-order valence-corrected chi connectivity index (χ2v) is 6.12. The highest BCUT2D eigenvalue weighted by Crippen LogP contribution is 2.23. The van der Waals surface area contributed by atoms with E-state index in [0.29, 0.717) is 17.2 Å². The van der Waals surface area contributed by atoms with Crippen LogP contribution in [0.15, 0.2) is 11.4 Å². The molecule has 0 spiro atoms.